The minimum atomic E-state index is -0.431. The first-order valence-electron chi connectivity index (χ1n) is 5.76. The molecule has 0 aliphatic rings. The summed E-state index contributed by atoms with van der Waals surface area (Å²) in [6.07, 6.45) is 0.507. The van der Waals surface area contributed by atoms with Crippen LogP contribution in [0.2, 0.25) is 0 Å². The lowest BCUT2D eigenvalue weighted by molar-refractivity contribution is 0.377. The Morgan fingerprint density at radius 2 is 2.26 bits per heavy atom. The van der Waals surface area contributed by atoms with Crippen LogP contribution in [0.4, 0.5) is 15.8 Å². The maximum Gasteiger partial charge on any atom is 0.228 e. The highest BCUT2D eigenvalue weighted by atomic mass is 19.1. The standard InChI is InChI=1S/C12H15FN4O2/c1-7-16-12(19-17-7)3-4-15-10-6-11(18-2)9(14)5-8(10)13/h5-6,15H,3-4,14H2,1-2H3. The van der Waals surface area contributed by atoms with Crippen molar-refractivity contribution in [1.82, 2.24) is 10.1 Å². The second-order valence-electron chi connectivity index (χ2n) is 3.99. The number of nitrogens with one attached hydrogen (secondary N) is 1. The van der Waals surface area contributed by atoms with E-state index in [1.807, 2.05) is 0 Å². The van der Waals surface area contributed by atoms with Crippen LogP contribution in [0, 0.1) is 12.7 Å². The molecule has 7 heteroatoms. The Labute approximate surface area is 109 Å². The van der Waals surface area contributed by atoms with E-state index in [1.165, 1.54) is 19.2 Å². The summed E-state index contributed by atoms with van der Waals surface area (Å²) >= 11 is 0. The molecule has 0 aliphatic carbocycles. The number of benzene rings is 1. The largest absolute Gasteiger partial charge is 0.495 e. The van der Waals surface area contributed by atoms with Gasteiger partial charge in [-0.3, -0.25) is 0 Å². The zero-order chi connectivity index (χ0) is 13.8. The molecule has 0 fully saturated rings. The van der Waals surface area contributed by atoms with Crippen LogP contribution in [0.15, 0.2) is 16.7 Å². The van der Waals surface area contributed by atoms with E-state index in [1.54, 1.807) is 6.92 Å². The van der Waals surface area contributed by atoms with Crippen LogP contribution in [0.5, 0.6) is 5.75 Å². The Bertz CT molecular complexity index is 571. The molecular weight excluding hydrogens is 251 g/mol. The molecule has 3 N–H and O–H groups in total. The number of hydrogen-bond donors (Lipinski definition) is 2. The first-order chi connectivity index (χ1) is 9.10. The molecule has 0 saturated heterocycles. The zero-order valence-corrected chi connectivity index (χ0v) is 10.7. The minimum absolute atomic E-state index is 0.262. The molecule has 0 amide bonds. The summed E-state index contributed by atoms with van der Waals surface area (Å²) in [5.74, 6) is 1.08. The highest BCUT2D eigenvalue weighted by molar-refractivity contribution is 5.62. The summed E-state index contributed by atoms with van der Waals surface area (Å²) in [7, 11) is 1.48. The molecule has 1 heterocycles. The Hall–Kier alpha value is -2.31. The second kappa shape index (κ2) is 5.55. The van der Waals surface area contributed by atoms with Gasteiger partial charge in [-0.25, -0.2) is 4.39 Å². The van der Waals surface area contributed by atoms with Crippen LogP contribution in [-0.2, 0) is 6.42 Å². The van der Waals surface area contributed by atoms with Crippen LogP contribution in [-0.4, -0.2) is 23.8 Å². The van der Waals surface area contributed by atoms with Gasteiger partial charge >= 0.3 is 0 Å². The monoisotopic (exact) mass is 266 g/mol. The number of nitrogens with two attached hydrogens (primary N) is 1. The number of rotatable bonds is 5. The van der Waals surface area contributed by atoms with Gasteiger partial charge in [0.15, 0.2) is 5.82 Å². The lowest BCUT2D eigenvalue weighted by Crippen LogP contribution is -2.07. The zero-order valence-electron chi connectivity index (χ0n) is 10.7. The third-order valence-corrected chi connectivity index (χ3v) is 2.54. The van der Waals surface area contributed by atoms with Crippen LogP contribution in [0.1, 0.15) is 11.7 Å². The maximum atomic E-state index is 13.6. The number of aryl methyl sites for hydroxylation is 1. The van der Waals surface area contributed by atoms with Crippen LogP contribution >= 0.6 is 0 Å². The van der Waals surface area contributed by atoms with Crippen molar-refractivity contribution in [3.63, 3.8) is 0 Å². The molecule has 0 bridgehead atoms. The summed E-state index contributed by atoms with van der Waals surface area (Å²) in [6.45, 7) is 2.20. The Kier molecular flexibility index (Phi) is 3.84. The van der Waals surface area contributed by atoms with Crippen molar-refractivity contribution >= 4 is 11.4 Å². The van der Waals surface area contributed by atoms with Gasteiger partial charge in [0.25, 0.3) is 0 Å². The van der Waals surface area contributed by atoms with Crippen molar-refractivity contribution in [2.75, 3.05) is 24.7 Å². The molecule has 0 unspecified atom stereocenters. The average molecular weight is 266 g/mol. The lowest BCUT2D eigenvalue weighted by Gasteiger charge is -2.10. The maximum absolute atomic E-state index is 13.6. The van der Waals surface area contributed by atoms with Gasteiger partial charge in [0.05, 0.1) is 18.5 Å². The van der Waals surface area contributed by atoms with Gasteiger partial charge in [-0.2, -0.15) is 4.98 Å². The van der Waals surface area contributed by atoms with E-state index in [9.17, 15) is 4.39 Å². The number of halogens is 1. The highest BCUT2D eigenvalue weighted by Gasteiger charge is 2.09. The van der Waals surface area contributed by atoms with Gasteiger partial charge in [-0.15, -0.1) is 0 Å². The predicted molar refractivity (Wildman–Crippen MR) is 68.6 cm³/mol. The van der Waals surface area contributed by atoms with Crippen molar-refractivity contribution in [3.8, 4) is 5.75 Å². The van der Waals surface area contributed by atoms with Gasteiger partial charge in [0.1, 0.15) is 11.6 Å². The molecule has 2 aromatic rings. The Balaban J connectivity index is 1.99. The summed E-state index contributed by atoms with van der Waals surface area (Å²) in [5, 5.41) is 6.61. The summed E-state index contributed by atoms with van der Waals surface area (Å²) in [6, 6.07) is 2.74. The fourth-order valence-corrected chi connectivity index (χ4v) is 1.63. The third-order valence-electron chi connectivity index (χ3n) is 2.54. The Morgan fingerprint density at radius 1 is 1.47 bits per heavy atom. The number of nitrogens with zero attached hydrogens (tertiary/aromatic N) is 2. The summed E-state index contributed by atoms with van der Waals surface area (Å²) < 4.78 is 23.6. The fraction of sp³-hybridized carbons (Fsp3) is 0.333. The third kappa shape index (κ3) is 3.12. The number of hydrogen-bond acceptors (Lipinski definition) is 6. The first kappa shape index (κ1) is 13.1. The molecule has 19 heavy (non-hydrogen) atoms. The normalized spacial score (nSPS) is 10.5. The van der Waals surface area contributed by atoms with E-state index < -0.39 is 5.82 Å². The van der Waals surface area contributed by atoms with Crippen molar-refractivity contribution in [2.24, 2.45) is 0 Å². The van der Waals surface area contributed by atoms with Gasteiger partial charge in [0.2, 0.25) is 5.89 Å². The average Bonchev–Trinajstić information content (AvgIpc) is 2.78. The predicted octanol–water partition coefficient (Wildman–Crippen LogP) is 1.76. The van der Waals surface area contributed by atoms with Crippen LogP contribution in [0.25, 0.3) is 0 Å². The van der Waals surface area contributed by atoms with E-state index in [0.29, 0.717) is 36.1 Å². The number of aromatic nitrogens is 2. The Morgan fingerprint density at radius 3 is 2.89 bits per heavy atom. The molecule has 1 aromatic heterocycles. The van der Waals surface area contributed by atoms with E-state index in [0.717, 1.165) is 0 Å². The van der Waals surface area contributed by atoms with Crippen LogP contribution in [0.3, 0.4) is 0 Å². The molecule has 102 valence electrons. The number of methoxy groups -OCH3 is 1. The smallest absolute Gasteiger partial charge is 0.228 e. The van der Waals surface area contributed by atoms with E-state index in [-0.39, 0.29) is 5.69 Å². The van der Waals surface area contributed by atoms with Crippen molar-refractivity contribution in [2.45, 2.75) is 13.3 Å². The van der Waals surface area contributed by atoms with Crippen molar-refractivity contribution in [1.29, 1.82) is 0 Å². The highest BCUT2D eigenvalue weighted by Crippen LogP contribution is 2.28. The lowest BCUT2D eigenvalue weighted by atomic mass is 10.2. The quantitative estimate of drug-likeness (QED) is 0.802. The molecule has 0 radical (unpaired) electrons. The summed E-state index contributed by atoms with van der Waals surface area (Å²) in [5.41, 5.74) is 6.18. The molecule has 1 aromatic carbocycles. The summed E-state index contributed by atoms with van der Waals surface area (Å²) in [4.78, 5) is 4.06. The minimum Gasteiger partial charge on any atom is -0.495 e. The molecule has 2 rings (SSSR count). The molecule has 0 aliphatic heterocycles. The van der Waals surface area contributed by atoms with Gasteiger partial charge in [-0.1, -0.05) is 5.16 Å². The van der Waals surface area contributed by atoms with Crippen LogP contribution < -0.4 is 15.8 Å². The second-order valence-corrected chi connectivity index (χ2v) is 3.99. The number of ether oxygens (including phenoxy) is 1. The molecule has 0 spiro atoms. The van der Waals surface area contributed by atoms with Gasteiger partial charge in [0, 0.05) is 25.1 Å². The van der Waals surface area contributed by atoms with E-state index >= 15 is 0 Å². The van der Waals surface area contributed by atoms with Gasteiger partial charge in [-0.05, 0) is 6.92 Å². The first-order valence-corrected chi connectivity index (χ1v) is 5.76. The van der Waals surface area contributed by atoms with Crippen molar-refractivity contribution in [3.05, 3.63) is 29.7 Å². The molecular formula is C12H15FN4O2. The SMILES string of the molecule is COc1cc(NCCc2nc(C)no2)c(F)cc1N. The fourth-order valence-electron chi connectivity index (χ4n) is 1.63. The number of anilines is 2. The van der Waals surface area contributed by atoms with Crippen molar-refractivity contribution < 1.29 is 13.7 Å². The van der Waals surface area contributed by atoms with E-state index in [4.69, 9.17) is 15.0 Å². The molecule has 6 nitrogen and oxygen atoms in total. The topological polar surface area (TPSA) is 86.2 Å². The molecule has 0 saturated carbocycles. The van der Waals surface area contributed by atoms with E-state index in [2.05, 4.69) is 15.5 Å². The van der Waals surface area contributed by atoms with Gasteiger partial charge < -0.3 is 20.3 Å². The molecule has 0 atom stereocenters. The number of nitrogen functional groups attached to an aromatic ring is 1.